The number of methoxy groups -OCH3 is 1. The third kappa shape index (κ3) is 5.75. The Morgan fingerprint density at radius 3 is 3.00 bits per heavy atom. The first-order chi connectivity index (χ1) is 8.53. The summed E-state index contributed by atoms with van der Waals surface area (Å²) in [6.45, 7) is 2.36. The van der Waals surface area contributed by atoms with E-state index in [2.05, 4.69) is 10.3 Å². The monoisotopic (exact) mass is 252 g/mol. The Labute approximate surface area is 107 Å². The summed E-state index contributed by atoms with van der Waals surface area (Å²) in [6.07, 6.45) is 4.07. The lowest BCUT2D eigenvalue weighted by atomic mass is 10.0. The van der Waals surface area contributed by atoms with Crippen molar-refractivity contribution in [1.29, 1.82) is 0 Å². The van der Waals surface area contributed by atoms with Gasteiger partial charge in [-0.05, 0) is 18.6 Å². The van der Waals surface area contributed by atoms with Crippen molar-refractivity contribution in [3.05, 3.63) is 30.1 Å². The minimum Gasteiger partial charge on any atom is -0.388 e. The molecule has 1 atom stereocenters. The number of amides is 1. The standard InChI is InChI=1S/C13H20N2O3/c1-13(17,5-7-18-2)10-15-12(16)8-11-4-3-6-14-9-11/h3-4,6,9,17H,5,7-8,10H2,1-2H3,(H,15,16). The molecule has 1 unspecified atom stereocenters. The van der Waals surface area contributed by atoms with Gasteiger partial charge in [0.05, 0.1) is 12.0 Å². The summed E-state index contributed by atoms with van der Waals surface area (Å²) in [5.41, 5.74) is -0.0906. The maximum atomic E-state index is 11.7. The van der Waals surface area contributed by atoms with Gasteiger partial charge in [0.2, 0.25) is 5.91 Å². The molecule has 0 aliphatic rings. The highest BCUT2D eigenvalue weighted by Crippen LogP contribution is 2.07. The third-order valence-corrected chi connectivity index (χ3v) is 2.60. The lowest BCUT2D eigenvalue weighted by molar-refractivity contribution is -0.121. The van der Waals surface area contributed by atoms with Crippen molar-refractivity contribution in [3.63, 3.8) is 0 Å². The number of nitrogens with one attached hydrogen (secondary N) is 1. The predicted octanol–water partition coefficient (Wildman–Crippen LogP) is 0.528. The molecule has 1 aromatic rings. The van der Waals surface area contributed by atoms with Gasteiger partial charge in [-0.2, -0.15) is 0 Å². The van der Waals surface area contributed by atoms with Crippen molar-refractivity contribution < 1.29 is 14.6 Å². The van der Waals surface area contributed by atoms with E-state index in [1.165, 1.54) is 0 Å². The molecule has 1 heterocycles. The van der Waals surface area contributed by atoms with E-state index in [-0.39, 0.29) is 18.9 Å². The molecular formula is C13H20N2O3. The lowest BCUT2D eigenvalue weighted by Gasteiger charge is -2.23. The molecule has 0 fully saturated rings. The second kappa shape index (κ2) is 7.08. The van der Waals surface area contributed by atoms with Crippen LogP contribution in [0.2, 0.25) is 0 Å². The van der Waals surface area contributed by atoms with E-state index in [1.54, 1.807) is 32.5 Å². The number of nitrogens with zero attached hydrogens (tertiary/aromatic N) is 1. The minimum atomic E-state index is -0.944. The molecule has 0 saturated carbocycles. The zero-order valence-electron chi connectivity index (χ0n) is 10.8. The highest BCUT2D eigenvalue weighted by atomic mass is 16.5. The number of carbonyl (C=O) groups is 1. The fourth-order valence-corrected chi connectivity index (χ4v) is 1.45. The van der Waals surface area contributed by atoms with Crippen molar-refractivity contribution in [3.8, 4) is 0 Å². The molecule has 100 valence electrons. The molecule has 0 aliphatic heterocycles. The fraction of sp³-hybridized carbons (Fsp3) is 0.538. The van der Waals surface area contributed by atoms with Crippen LogP contribution in [0.15, 0.2) is 24.5 Å². The first-order valence-corrected chi connectivity index (χ1v) is 5.90. The lowest BCUT2D eigenvalue weighted by Crippen LogP contribution is -2.41. The van der Waals surface area contributed by atoms with Gasteiger partial charge in [-0.1, -0.05) is 6.07 Å². The Balaban J connectivity index is 2.33. The predicted molar refractivity (Wildman–Crippen MR) is 68.1 cm³/mol. The molecule has 0 bridgehead atoms. The molecule has 1 amide bonds. The average Bonchev–Trinajstić information content (AvgIpc) is 2.36. The summed E-state index contributed by atoms with van der Waals surface area (Å²) < 4.78 is 4.90. The molecule has 1 rings (SSSR count). The number of hydrogen-bond acceptors (Lipinski definition) is 4. The van der Waals surface area contributed by atoms with Crippen molar-refractivity contribution in [2.45, 2.75) is 25.4 Å². The molecule has 0 radical (unpaired) electrons. The Morgan fingerprint density at radius 2 is 2.39 bits per heavy atom. The van der Waals surface area contributed by atoms with E-state index in [0.717, 1.165) is 5.56 Å². The van der Waals surface area contributed by atoms with Crippen LogP contribution < -0.4 is 5.32 Å². The normalized spacial score (nSPS) is 13.9. The number of carbonyl (C=O) groups excluding carboxylic acids is 1. The van der Waals surface area contributed by atoms with E-state index in [4.69, 9.17) is 4.74 Å². The largest absolute Gasteiger partial charge is 0.388 e. The third-order valence-electron chi connectivity index (χ3n) is 2.60. The van der Waals surface area contributed by atoms with Gasteiger partial charge in [0.25, 0.3) is 0 Å². The van der Waals surface area contributed by atoms with Crippen LogP contribution in [0.4, 0.5) is 0 Å². The molecule has 5 nitrogen and oxygen atoms in total. The second-order valence-electron chi connectivity index (χ2n) is 4.55. The van der Waals surface area contributed by atoms with Gasteiger partial charge in [-0.15, -0.1) is 0 Å². The fourth-order valence-electron chi connectivity index (χ4n) is 1.45. The van der Waals surface area contributed by atoms with Crippen LogP contribution in [0.25, 0.3) is 0 Å². The van der Waals surface area contributed by atoms with Crippen LogP contribution >= 0.6 is 0 Å². The van der Waals surface area contributed by atoms with Crippen LogP contribution in [0.5, 0.6) is 0 Å². The van der Waals surface area contributed by atoms with Crippen LogP contribution in [-0.4, -0.2) is 41.9 Å². The summed E-state index contributed by atoms with van der Waals surface area (Å²) in [7, 11) is 1.58. The topological polar surface area (TPSA) is 71.5 Å². The summed E-state index contributed by atoms with van der Waals surface area (Å²) in [5, 5.41) is 12.7. The van der Waals surface area contributed by atoms with Gasteiger partial charge in [0.1, 0.15) is 0 Å². The molecule has 0 spiro atoms. The van der Waals surface area contributed by atoms with Crippen molar-refractivity contribution in [1.82, 2.24) is 10.3 Å². The van der Waals surface area contributed by atoms with Gasteiger partial charge in [-0.25, -0.2) is 0 Å². The summed E-state index contributed by atoms with van der Waals surface area (Å²) in [6, 6.07) is 3.63. The molecule has 2 N–H and O–H groups in total. The van der Waals surface area contributed by atoms with Gasteiger partial charge < -0.3 is 15.2 Å². The first-order valence-electron chi connectivity index (χ1n) is 5.90. The molecule has 0 aromatic carbocycles. The number of hydrogen-bond donors (Lipinski definition) is 2. The maximum absolute atomic E-state index is 11.7. The smallest absolute Gasteiger partial charge is 0.224 e. The highest BCUT2D eigenvalue weighted by Gasteiger charge is 2.20. The maximum Gasteiger partial charge on any atom is 0.224 e. The molecule has 0 aliphatic carbocycles. The summed E-state index contributed by atoms with van der Waals surface area (Å²) >= 11 is 0. The molecule has 1 aromatic heterocycles. The zero-order valence-corrected chi connectivity index (χ0v) is 10.8. The molecule has 18 heavy (non-hydrogen) atoms. The molecule has 0 saturated heterocycles. The van der Waals surface area contributed by atoms with E-state index in [9.17, 15) is 9.90 Å². The summed E-state index contributed by atoms with van der Waals surface area (Å²) in [4.78, 5) is 15.6. The minimum absolute atomic E-state index is 0.124. The Morgan fingerprint density at radius 1 is 1.61 bits per heavy atom. The number of ether oxygens (including phenoxy) is 1. The quantitative estimate of drug-likeness (QED) is 0.742. The molecule has 5 heteroatoms. The van der Waals surface area contributed by atoms with Crippen LogP contribution in [0.3, 0.4) is 0 Å². The van der Waals surface area contributed by atoms with Crippen LogP contribution in [0.1, 0.15) is 18.9 Å². The van der Waals surface area contributed by atoms with Gasteiger partial charge in [0, 0.05) is 39.1 Å². The van der Waals surface area contributed by atoms with E-state index < -0.39 is 5.60 Å². The molecular weight excluding hydrogens is 232 g/mol. The SMILES string of the molecule is COCCC(C)(O)CNC(=O)Cc1cccnc1. The van der Waals surface area contributed by atoms with E-state index in [1.807, 2.05) is 6.07 Å². The van der Waals surface area contributed by atoms with Crippen molar-refractivity contribution in [2.24, 2.45) is 0 Å². The summed E-state index contributed by atoms with van der Waals surface area (Å²) in [5.74, 6) is -0.124. The van der Waals surface area contributed by atoms with Crippen molar-refractivity contribution in [2.75, 3.05) is 20.3 Å². The Bertz CT molecular complexity index is 366. The Kier molecular flexibility index (Phi) is 5.74. The first kappa shape index (κ1) is 14.6. The zero-order chi connectivity index (χ0) is 13.4. The van der Waals surface area contributed by atoms with Crippen LogP contribution in [-0.2, 0) is 16.0 Å². The Hall–Kier alpha value is -1.46. The van der Waals surface area contributed by atoms with Crippen molar-refractivity contribution >= 4 is 5.91 Å². The van der Waals surface area contributed by atoms with E-state index in [0.29, 0.717) is 13.0 Å². The highest BCUT2D eigenvalue weighted by molar-refractivity contribution is 5.78. The number of pyridine rings is 1. The van der Waals surface area contributed by atoms with E-state index >= 15 is 0 Å². The second-order valence-corrected chi connectivity index (χ2v) is 4.55. The van der Waals surface area contributed by atoms with Gasteiger partial charge in [0.15, 0.2) is 0 Å². The van der Waals surface area contributed by atoms with Gasteiger partial charge in [-0.3, -0.25) is 9.78 Å². The number of rotatable bonds is 7. The number of aliphatic hydroxyl groups is 1. The average molecular weight is 252 g/mol. The van der Waals surface area contributed by atoms with Crippen LogP contribution in [0, 0.1) is 0 Å². The van der Waals surface area contributed by atoms with Gasteiger partial charge >= 0.3 is 0 Å². The number of aromatic nitrogens is 1.